The van der Waals surface area contributed by atoms with Crippen LogP contribution >= 0.6 is 0 Å². The molecular weight excluding hydrogens is 288 g/mol. The SMILES string of the molecule is O=C([C@H]1C[C@H]2CC[C@H]1C2)N(Cc1cccnc1)C[C@H]1CCCO1. The topological polar surface area (TPSA) is 42.4 Å². The van der Waals surface area contributed by atoms with E-state index in [2.05, 4.69) is 16.0 Å². The van der Waals surface area contributed by atoms with E-state index in [4.69, 9.17) is 4.74 Å². The van der Waals surface area contributed by atoms with Crippen molar-refractivity contribution in [3.8, 4) is 0 Å². The Labute approximate surface area is 138 Å². The highest BCUT2D eigenvalue weighted by atomic mass is 16.5. The first kappa shape index (κ1) is 15.1. The van der Waals surface area contributed by atoms with Crippen molar-refractivity contribution in [3.63, 3.8) is 0 Å². The Morgan fingerprint density at radius 1 is 1.30 bits per heavy atom. The van der Waals surface area contributed by atoms with E-state index in [9.17, 15) is 4.79 Å². The van der Waals surface area contributed by atoms with Crippen molar-refractivity contribution in [2.45, 2.75) is 51.2 Å². The number of amides is 1. The van der Waals surface area contributed by atoms with E-state index in [1.165, 1.54) is 19.3 Å². The smallest absolute Gasteiger partial charge is 0.226 e. The van der Waals surface area contributed by atoms with E-state index in [0.717, 1.165) is 43.9 Å². The molecule has 0 spiro atoms. The van der Waals surface area contributed by atoms with Crippen LogP contribution in [0, 0.1) is 17.8 Å². The van der Waals surface area contributed by atoms with Gasteiger partial charge in [-0.3, -0.25) is 9.78 Å². The minimum absolute atomic E-state index is 0.217. The second kappa shape index (κ2) is 6.60. The second-order valence-electron chi connectivity index (χ2n) is 7.50. The molecule has 4 heteroatoms. The highest BCUT2D eigenvalue weighted by Crippen LogP contribution is 2.49. The molecule has 3 aliphatic rings. The first-order chi connectivity index (χ1) is 11.3. The second-order valence-corrected chi connectivity index (χ2v) is 7.50. The van der Waals surface area contributed by atoms with Crippen LogP contribution in [0.5, 0.6) is 0 Å². The molecule has 0 radical (unpaired) electrons. The summed E-state index contributed by atoms with van der Waals surface area (Å²) in [5.41, 5.74) is 1.11. The zero-order chi connectivity index (χ0) is 15.6. The van der Waals surface area contributed by atoms with Crippen molar-refractivity contribution in [1.29, 1.82) is 0 Å². The van der Waals surface area contributed by atoms with Crippen LogP contribution in [0.25, 0.3) is 0 Å². The third-order valence-corrected chi connectivity index (χ3v) is 5.91. The Kier molecular flexibility index (Phi) is 4.34. The summed E-state index contributed by atoms with van der Waals surface area (Å²) >= 11 is 0. The Bertz CT molecular complexity index is 542. The average Bonchev–Trinajstić information content (AvgIpc) is 3.32. The van der Waals surface area contributed by atoms with Crippen LogP contribution in [0.1, 0.15) is 44.1 Å². The molecule has 0 unspecified atom stereocenters. The maximum Gasteiger partial charge on any atom is 0.226 e. The standard InChI is InChI=1S/C19H26N2O2/c22-19(18-10-14-5-6-16(18)9-14)21(13-17-4-2-8-23-17)12-15-3-1-7-20-11-15/h1,3,7,11,14,16-18H,2,4-6,8-10,12-13H2/t14-,16-,17+,18-/m0/s1. The molecule has 4 nitrogen and oxygen atoms in total. The first-order valence-electron chi connectivity index (χ1n) is 9.09. The number of hydrogen-bond acceptors (Lipinski definition) is 3. The molecule has 1 aromatic heterocycles. The molecule has 1 aromatic rings. The zero-order valence-corrected chi connectivity index (χ0v) is 13.7. The van der Waals surface area contributed by atoms with Gasteiger partial charge in [0.15, 0.2) is 0 Å². The van der Waals surface area contributed by atoms with Crippen molar-refractivity contribution < 1.29 is 9.53 Å². The van der Waals surface area contributed by atoms with Gasteiger partial charge in [-0.1, -0.05) is 12.5 Å². The molecule has 1 amide bonds. The Balaban J connectivity index is 1.48. The van der Waals surface area contributed by atoms with Crippen molar-refractivity contribution in [2.75, 3.05) is 13.2 Å². The summed E-state index contributed by atoms with van der Waals surface area (Å²) in [6, 6.07) is 4.01. The zero-order valence-electron chi connectivity index (χ0n) is 13.7. The van der Waals surface area contributed by atoms with Crippen molar-refractivity contribution >= 4 is 5.91 Å². The number of carbonyl (C=O) groups is 1. The summed E-state index contributed by atoms with van der Waals surface area (Å²) < 4.78 is 5.79. The normalized spacial score (nSPS) is 32.3. The van der Waals surface area contributed by atoms with Gasteiger partial charge in [0.1, 0.15) is 0 Å². The number of hydrogen-bond donors (Lipinski definition) is 0. The summed E-state index contributed by atoms with van der Waals surface area (Å²) in [6.45, 7) is 2.25. The molecule has 23 heavy (non-hydrogen) atoms. The van der Waals surface area contributed by atoms with Crippen LogP contribution in [0.15, 0.2) is 24.5 Å². The van der Waals surface area contributed by atoms with Crippen LogP contribution in [-0.4, -0.2) is 35.0 Å². The molecule has 0 N–H and O–H groups in total. The molecule has 3 fully saturated rings. The lowest BCUT2D eigenvalue weighted by molar-refractivity contribution is -0.139. The number of nitrogens with zero attached hydrogens (tertiary/aromatic N) is 2. The van der Waals surface area contributed by atoms with E-state index < -0.39 is 0 Å². The predicted octanol–water partition coefficient (Wildman–Crippen LogP) is 3.03. The van der Waals surface area contributed by atoms with Gasteiger partial charge in [0.2, 0.25) is 5.91 Å². The summed E-state index contributed by atoms with van der Waals surface area (Å²) in [6.07, 6.45) is 11.0. The number of rotatable bonds is 5. The fourth-order valence-electron chi connectivity index (χ4n) is 4.76. The molecule has 2 aliphatic carbocycles. The number of ether oxygens (including phenoxy) is 1. The van der Waals surface area contributed by atoms with E-state index in [0.29, 0.717) is 18.4 Å². The first-order valence-corrected chi connectivity index (χ1v) is 9.09. The number of fused-ring (bicyclic) bond motifs is 2. The lowest BCUT2D eigenvalue weighted by atomic mass is 9.87. The third kappa shape index (κ3) is 3.27. The molecule has 4 rings (SSSR count). The van der Waals surface area contributed by atoms with Crippen LogP contribution < -0.4 is 0 Å². The van der Waals surface area contributed by atoms with Gasteiger partial charge in [-0.05, 0) is 55.6 Å². The molecule has 0 aromatic carbocycles. The average molecular weight is 314 g/mol. The Morgan fingerprint density at radius 3 is 2.91 bits per heavy atom. The van der Waals surface area contributed by atoms with Crippen LogP contribution in [0.3, 0.4) is 0 Å². The summed E-state index contributed by atoms with van der Waals surface area (Å²) in [5.74, 6) is 2.05. The maximum absolute atomic E-state index is 13.2. The van der Waals surface area contributed by atoms with Crippen molar-refractivity contribution in [3.05, 3.63) is 30.1 Å². The van der Waals surface area contributed by atoms with E-state index in [1.54, 1.807) is 6.20 Å². The van der Waals surface area contributed by atoms with Gasteiger partial charge in [-0.15, -0.1) is 0 Å². The highest BCUT2D eigenvalue weighted by Gasteiger charge is 2.44. The summed E-state index contributed by atoms with van der Waals surface area (Å²) in [5, 5.41) is 0. The Morgan fingerprint density at radius 2 is 2.26 bits per heavy atom. The lowest BCUT2D eigenvalue weighted by Gasteiger charge is -2.31. The number of aromatic nitrogens is 1. The van der Waals surface area contributed by atoms with E-state index >= 15 is 0 Å². The van der Waals surface area contributed by atoms with Crippen molar-refractivity contribution in [2.24, 2.45) is 17.8 Å². The minimum Gasteiger partial charge on any atom is -0.376 e. The summed E-state index contributed by atoms with van der Waals surface area (Å²) in [4.78, 5) is 19.4. The maximum atomic E-state index is 13.2. The fourth-order valence-corrected chi connectivity index (χ4v) is 4.76. The molecule has 124 valence electrons. The predicted molar refractivity (Wildman–Crippen MR) is 87.6 cm³/mol. The lowest BCUT2D eigenvalue weighted by Crippen LogP contribution is -2.41. The molecular formula is C19H26N2O2. The largest absolute Gasteiger partial charge is 0.376 e. The van der Waals surface area contributed by atoms with Gasteiger partial charge in [0.25, 0.3) is 0 Å². The fraction of sp³-hybridized carbons (Fsp3) is 0.684. The van der Waals surface area contributed by atoms with Gasteiger partial charge in [0.05, 0.1) is 6.10 Å². The number of pyridine rings is 1. The van der Waals surface area contributed by atoms with Crippen molar-refractivity contribution in [1.82, 2.24) is 9.88 Å². The van der Waals surface area contributed by atoms with E-state index in [1.807, 2.05) is 12.3 Å². The molecule has 1 aliphatic heterocycles. The van der Waals surface area contributed by atoms with Crippen LogP contribution in [0.2, 0.25) is 0 Å². The molecule has 2 bridgehead atoms. The molecule has 4 atom stereocenters. The van der Waals surface area contributed by atoms with Crippen LogP contribution in [0.4, 0.5) is 0 Å². The molecule has 2 saturated carbocycles. The van der Waals surface area contributed by atoms with E-state index in [-0.39, 0.29) is 12.0 Å². The van der Waals surface area contributed by atoms with Gasteiger partial charge >= 0.3 is 0 Å². The number of carbonyl (C=O) groups excluding carboxylic acids is 1. The van der Waals surface area contributed by atoms with Gasteiger partial charge in [0, 0.05) is 38.0 Å². The minimum atomic E-state index is 0.217. The van der Waals surface area contributed by atoms with Crippen LogP contribution in [-0.2, 0) is 16.1 Å². The molecule has 2 heterocycles. The third-order valence-electron chi connectivity index (χ3n) is 5.91. The summed E-state index contributed by atoms with van der Waals surface area (Å²) in [7, 11) is 0. The van der Waals surface area contributed by atoms with Gasteiger partial charge < -0.3 is 9.64 Å². The van der Waals surface area contributed by atoms with Gasteiger partial charge in [-0.2, -0.15) is 0 Å². The Hall–Kier alpha value is -1.42. The van der Waals surface area contributed by atoms with Gasteiger partial charge in [-0.25, -0.2) is 0 Å². The highest BCUT2D eigenvalue weighted by molar-refractivity contribution is 5.79. The monoisotopic (exact) mass is 314 g/mol. The molecule has 1 saturated heterocycles. The quantitative estimate of drug-likeness (QED) is 0.839.